The Hall–Kier alpha value is -2.59. The van der Waals surface area contributed by atoms with Crippen molar-refractivity contribution in [3.63, 3.8) is 0 Å². The third-order valence-electron chi connectivity index (χ3n) is 4.24. The number of fused-ring (bicyclic) bond motifs is 1. The van der Waals surface area contributed by atoms with Crippen LogP contribution in [-0.4, -0.2) is 22.0 Å². The zero-order valence-corrected chi connectivity index (χ0v) is 17.4. The van der Waals surface area contributed by atoms with E-state index in [0.29, 0.717) is 10.2 Å². The summed E-state index contributed by atoms with van der Waals surface area (Å²) in [6.07, 6.45) is -4.52. The third-order valence-corrected chi connectivity index (χ3v) is 5.46. The lowest BCUT2D eigenvalue weighted by Gasteiger charge is -2.23. The van der Waals surface area contributed by atoms with Gasteiger partial charge in [-0.15, -0.1) is 11.3 Å². The van der Waals surface area contributed by atoms with E-state index in [-0.39, 0.29) is 34.6 Å². The highest BCUT2D eigenvalue weighted by Crippen LogP contribution is 2.34. The lowest BCUT2D eigenvalue weighted by molar-refractivity contribution is -0.147. The van der Waals surface area contributed by atoms with Gasteiger partial charge >= 0.3 is 12.1 Å². The van der Waals surface area contributed by atoms with Gasteiger partial charge in [0.05, 0.1) is 21.8 Å². The predicted molar refractivity (Wildman–Crippen MR) is 109 cm³/mol. The number of hydrogen-bond donors (Lipinski definition) is 2. The van der Waals surface area contributed by atoms with Gasteiger partial charge in [-0.2, -0.15) is 13.2 Å². The van der Waals surface area contributed by atoms with Gasteiger partial charge in [0.1, 0.15) is 23.2 Å². The SMILES string of the molecule is CC(C)[C@H](Nc1ccc(C(F)(F)F)cc1Cl)C(=O)OCc1nc2ccsc2c(=O)[nH]1. The molecule has 1 atom stereocenters. The molecule has 2 heterocycles. The summed E-state index contributed by atoms with van der Waals surface area (Å²) in [7, 11) is 0. The molecule has 0 saturated carbocycles. The van der Waals surface area contributed by atoms with E-state index in [1.165, 1.54) is 11.3 Å². The summed E-state index contributed by atoms with van der Waals surface area (Å²) < 4.78 is 44.1. The smallest absolute Gasteiger partial charge is 0.416 e. The van der Waals surface area contributed by atoms with Crippen LogP contribution < -0.4 is 10.9 Å². The number of halogens is 4. The summed E-state index contributed by atoms with van der Waals surface area (Å²) in [5.41, 5.74) is -0.534. The number of aromatic nitrogens is 2. The minimum absolute atomic E-state index is 0.169. The molecule has 0 unspecified atom stereocenters. The van der Waals surface area contributed by atoms with Crippen LogP contribution in [0.2, 0.25) is 5.02 Å². The number of hydrogen-bond acceptors (Lipinski definition) is 6. The van der Waals surface area contributed by atoms with Gasteiger partial charge in [0, 0.05) is 0 Å². The van der Waals surface area contributed by atoms with E-state index in [1.807, 2.05) is 0 Å². The number of esters is 1. The second-order valence-corrected chi connectivity index (χ2v) is 8.14. The number of benzene rings is 1. The first-order valence-corrected chi connectivity index (χ1v) is 10.1. The van der Waals surface area contributed by atoms with Gasteiger partial charge in [-0.1, -0.05) is 25.4 Å². The molecule has 0 radical (unpaired) electrons. The molecule has 0 aliphatic heterocycles. The van der Waals surface area contributed by atoms with E-state index >= 15 is 0 Å². The molecule has 3 rings (SSSR count). The van der Waals surface area contributed by atoms with Crippen LogP contribution in [0.3, 0.4) is 0 Å². The highest BCUT2D eigenvalue weighted by atomic mass is 35.5. The fraction of sp³-hybridized carbons (Fsp3) is 0.316. The number of H-pyrrole nitrogens is 1. The van der Waals surface area contributed by atoms with Crippen molar-refractivity contribution < 1.29 is 22.7 Å². The largest absolute Gasteiger partial charge is 0.456 e. The zero-order valence-electron chi connectivity index (χ0n) is 15.8. The van der Waals surface area contributed by atoms with Gasteiger partial charge in [0.25, 0.3) is 5.56 Å². The molecule has 1 aromatic carbocycles. The van der Waals surface area contributed by atoms with Gasteiger partial charge in [-0.25, -0.2) is 9.78 Å². The maximum atomic E-state index is 12.8. The Morgan fingerprint density at radius 2 is 2.07 bits per heavy atom. The second-order valence-electron chi connectivity index (χ2n) is 6.81. The van der Waals surface area contributed by atoms with E-state index in [4.69, 9.17) is 16.3 Å². The molecular formula is C19H17ClF3N3O3S. The summed E-state index contributed by atoms with van der Waals surface area (Å²) in [4.78, 5) is 31.4. The van der Waals surface area contributed by atoms with Crippen molar-refractivity contribution in [2.45, 2.75) is 32.7 Å². The van der Waals surface area contributed by atoms with Crippen LogP contribution in [0.25, 0.3) is 10.2 Å². The number of anilines is 1. The van der Waals surface area contributed by atoms with Crippen LogP contribution in [0.15, 0.2) is 34.4 Å². The summed E-state index contributed by atoms with van der Waals surface area (Å²) >= 11 is 7.21. The van der Waals surface area contributed by atoms with Gasteiger partial charge < -0.3 is 15.0 Å². The number of alkyl halides is 3. The summed E-state index contributed by atoms with van der Waals surface area (Å²) in [5, 5.41) is 4.40. The summed E-state index contributed by atoms with van der Waals surface area (Å²) in [6, 6.07) is 3.64. The van der Waals surface area contributed by atoms with Crippen LogP contribution in [0.4, 0.5) is 18.9 Å². The minimum atomic E-state index is -4.52. The maximum Gasteiger partial charge on any atom is 0.416 e. The Balaban J connectivity index is 1.72. The number of aromatic amines is 1. The quantitative estimate of drug-likeness (QED) is 0.515. The van der Waals surface area contributed by atoms with Gasteiger partial charge in [-0.3, -0.25) is 4.79 Å². The van der Waals surface area contributed by atoms with Crippen LogP contribution in [0, 0.1) is 5.92 Å². The predicted octanol–water partition coefficient (Wildman–Crippen LogP) is 4.84. The number of nitrogens with one attached hydrogen (secondary N) is 2. The average molecular weight is 460 g/mol. The molecular weight excluding hydrogens is 443 g/mol. The standard InChI is InChI=1S/C19H17ClF3N3O3S/c1-9(2)15(25-12-4-3-10(7-11(12)20)19(21,22)23)18(28)29-8-14-24-13-5-6-30-16(13)17(27)26-14/h3-7,9,15,25H,8H2,1-2H3,(H,24,26,27)/t15-/m0/s1. The zero-order chi connectivity index (χ0) is 22.1. The van der Waals surface area contributed by atoms with Gasteiger partial charge in [0.2, 0.25) is 0 Å². The van der Waals surface area contributed by atoms with Gasteiger partial charge in [0.15, 0.2) is 0 Å². The monoisotopic (exact) mass is 459 g/mol. The summed E-state index contributed by atoms with van der Waals surface area (Å²) in [6.45, 7) is 3.23. The minimum Gasteiger partial charge on any atom is -0.456 e. The highest BCUT2D eigenvalue weighted by molar-refractivity contribution is 7.17. The van der Waals surface area contributed by atoms with Crippen LogP contribution in [-0.2, 0) is 22.3 Å². The highest BCUT2D eigenvalue weighted by Gasteiger charge is 2.31. The Kier molecular flexibility index (Phi) is 6.37. The number of carbonyl (C=O) groups is 1. The first-order chi connectivity index (χ1) is 14.1. The number of carbonyl (C=O) groups excluding carboxylic acids is 1. The van der Waals surface area contributed by atoms with Crippen molar-refractivity contribution in [3.8, 4) is 0 Å². The molecule has 11 heteroatoms. The normalized spacial score (nSPS) is 12.9. The Labute approximate surface area is 178 Å². The third kappa shape index (κ3) is 4.93. The van der Waals surface area contributed by atoms with Crippen molar-refractivity contribution in [2.24, 2.45) is 5.92 Å². The molecule has 2 aromatic heterocycles. The van der Waals surface area contributed by atoms with E-state index in [1.54, 1.807) is 25.3 Å². The molecule has 2 N–H and O–H groups in total. The number of nitrogens with zero attached hydrogens (tertiary/aromatic N) is 1. The van der Waals surface area contributed by atoms with Crippen LogP contribution in [0.5, 0.6) is 0 Å². The van der Waals surface area contributed by atoms with Crippen LogP contribution >= 0.6 is 22.9 Å². The molecule has 0 amide bonds. The molecule has 0 saturated heterocycles. The lowest BCUT2D eigenvalue weighted by Crippen LogP contribution is -2.36. The molecule has 0 fully saturated rings. The Bertz CT molecular complexity index is 1130. The molecule has 3 aromatic rings. The Morgan fingerprint density at radius 3 is 2.70 bits per heavy atom. The molecule has 0 aliphatic carbocycles. The molecule has 0 bridgehead atoms. The molecule has 0 spiro atoms. The summed E-state index contributed by atoms with van der Waals surface area (Å²) in [5.74, 6) is -0.731. The first-order valence-electron chi connectivity index (χ1n) is 8.82. The average Bonchev–Trinajstić information content (AvgIpc) is 3.13. The topological polar surface area (TPSA) is 84.1 Å². The molecule has 0 aliphatic rings. The fourth-order valence-electron chi connectivity index (χ4n) is 2.69. The maximum absolute atomic E-state index is 12.8. The van der Waals surface area contributed by atoms with Crippen molar-refractivity contribution >= 4 is 44.8 Å². The van der Waals surface area contributed by atoms with Crippen molar-refractivity contribution in [1.29, 1.82) is 0 Å². The van der Waals surface area contributed by atoms with E-state index in [9.17, 15) is 22.8 Å². The van der Waals surface area contributed by atoms with E-state index in [2.05, 4.69) is 15.3 Å². The number of thiophene rings is 1. The van der Waals surface area contributed by atoms with Crippen molar-refractivity contribution in [3.05, 3.63) is 56.4 Å². The molecule has 160 valence electrons. The number of ether oxygens (including phenoxy) is 1. The molecule has 30 heavy (non-hydrogen) atoms. The molecule has 6 nitrogen and oxygen atoms in total. The Morgan fingerprint density at radius 1 is 1.33 bits per heavy atom. The van der Waals surface area contributed by atoms with E-state index < -0.39 is 23.8 Å². The van der Waals surface area contributed by atoms with Crippen LogP contribution in [0.1, 0.15) is 25.2 Å². The number of rotatable bonds is 6. The van der Waals surface area contributed by atoms with Crippen molar-refractivity contribution in [1.82, 2.24) is 9.97 Å². The first kappa shape index (κ1) is 22.1. The second kappa shape index (κ2) is 8.65. The van der Waals surface area contributed by atoms with Gasteiger partial charge in [-0.05, 0) is 35.6 Å². The fourth-order valence-corrected chi connectivity index (χ4v) is 3.65. The lowest BCUT2D eigenvalue weighted by atomic mass is 10.0. The van der Waals surface area contributed by atoms with Crippen molar-refractivity contribution in [2.75, 3.05) is 5.32 Å². The van der Waals surface area contributed by atoms with E-state index in [0.717, 1.165) is 18.2 Å².